The smallest absolute Gasteiger partial charge is 0.327 e. The molecule has 0 radical (unpaired) electrons. The topological polar surface area (TPSA) is 101 Å². The summed E-state index contributed by atoms with van der Waals surface area (Å²) in [6, 6.07) is 13.9. The minimum atomic E-state index is -0.921. The fraction of sp³-hybridized carbons (Fsp3) is 0.444. The second kappa shape index (κ2) is 9.24. The number of imide groups is 1. The third-order valence-electron chi connectivity index (χ3n) is 6.75. The van der Waals surface area contributed by atoms with E-state index in [2.05, 4.69) is 4.90 Å². The van der Waals surface area contributed by atoms with Gasteiger partial charge in [-0.05, 0) is 53.6 Å². The summed E-state index contributed by atoms with van der Waals surface area (Å²) in [7, 11) is 0. The number of hydrogen-bond acceptors (Lipinski definition) is 5. The van der Waals surface area contributed by atoms with Crippen molar-refractivity contribution in [1.29, 1.82) is 0 Å². The van der Waals surface area contributed by atoms with E-state index in [9.17, 15) is 19.5 Å². The molecular formula is C27H33N3O5. The molecule has 8 nitrogen and oxygen atoms in total. The molecule has 2 N–H and O–H groups in total. The Morgan fingerprint density at radius 2 is 1.66 bits per heavy atom. The highest BCUT2D eigenvalue weighted by Gasteiger charge is 2.58. The summed E-state index contributed by atoms with van der Waals surface area (Å²) >= 11 is 0. The molecule has 186 valence electrons. The van der Waals surface area contributed by atoms with Crippen LogP contribution in [-0.4, -0.2) is 63.1 Å². The molecule has 2 heterocycles. The minimum absolute atomic E-state index is 0.0409. The second-order valence-corrected chi connectivity index (χ2v) is 10.7. The van der Waals surface area contributed by atoms with E-state index in [4.69, 9.17) is 5.11 Å². The van der Waals surface area contributed by atoms with Gasteiger partial charge in [0.25, 0.3) is 5.91 Å². The summed E-state index contributed by atoms with van der Waals surface area (Å²) < 4.78 is 0. The van der Waals surface area contributed by atoms with Gasteiger partial charge >= 0.3 is 12.0 Å². The van der Waals surface area contributed by atoms with Gasteiger partial charge in [-0.3, -0.25) is 14.5 Å². The van der Waals surface area contributed by atoms with Crippen molar-refractivity contribution < 1.29 is 24.6 Å². The minimum Gasteiger partial charge on any atom is -0.508 e. The Morgan fingerprint density at radius 1 is 1.00 bits per heavy atom. The molecule has 2 aliphatic rings. The Kier molecular flexibility index (Phi) is 6.49. The lowest BCUT2D eigenvalue weighted by Crippen LogP contribution is -2.56. The summed E-state index contributed by atoms with van der Waals surface area (Å²) in [5, 5.41) is 18.8. The fourth-order valence-corrected chi connectivity index (χ4v) is 5.06. The summed E-state index contributed by atoms with van der Waals surface area (Å²) in [5.74, 6) is -0.866. The number of hydrogen-bond donors (Lipinski definition) is 2. The Bertz CT molecular complexity index is 1110. The Morgan fingerprint density at radius 3 is 2.26 bits per heavy atom. The molecule has 0 unspecified atom stereocenters. The molecule has 0 aliphatic carbocycles. The first-order valence-corrected chi connectivity index (χ1v) is 12.0. The Labute approximate surface area is 205 Å². The van der Waals surface area contributed by atoms with Gasteiger partial charge in [0.15, 0.2) is 0 Å². The number of phenolic OH excluding ortho intramolecular Hbond substituents is 1. The van der Waals surface area contributed by atoms with E-state index in [0.29, 0.717) is 39.0 Å². The van der Waals surface area contributed by atoms with Crippen molar-refractivity contribution in [3.8, 4) is 5.75 Å². The number of carbonyl (C=O) groups excluding carboxylic acids is 2. The van der Waals surface area contributed by atoms with Gasteiger partial charge in [0.2, 0.25) is 0 Å². The van der Waals surface area contributed by atoms with E-state index in [-0.39, 0.29) is 29.5 Å². The molecule has 2 aromatic carbocycles. The first-order chi connectivity index (χ1) is 16.5. The number of carboxylic acids is 1. The van der Waals surface area contributed by atoms with Gasteiger partial charge in [-0.1, -0.05) is 45.0 Å². The summed E-state index contributed by atoms with van der Waals surface area (Å²) in [4.78, 5) is 43.7. The molecule has 35 heavy (non-hydrogen) atoms. The predicted molar refractivity (Wildman–Crippen MR) is 132 cm³/mol. The Balaban J connectivity index is 1.59. The number of benzene rings is 2. The number of carboxylic acid groups (broad SMARTS) is 1. The van der Waals surface area contributed by atoms with Crippen LogP contribution >= 0.6 is 0 Å². The van der Waals surface area contributed by atoms with Gasteiger partial charge in [-0.2, -0.15) is 0 Å². The fourth-order valence-electron chi connectivity index (χ4n) is 5.06. The number of nitrogens with zero attached hydrogens (tertiary/aromatic N) is 3. The molecular weight excluding hydrogens is 446 g/mol. The maximum Gasteiger partial charge on any atom is 0.327 e. The van der Waals surface area contributed by atoms with Gasteiger partial charge in [-0.25, -0.2) is 4.79 Å². The molecule has 3 amide bonds. The Hall–Kier alpha value is -3.55. The summed E-state index contributed by atoms with van der Waals surface area (Å²) in [5.41, 5.74) is 1.35. The number of anilines is 1. The molecule has 0 atom stereocenters. The van der Waals surface area contributed by atoms with Crippen molar-refractivity contribution >= 4 is 23.6 Å². The van der Waals surface area contributed by atoms with Crippen LogP contribution in [-0.2, 0) is 22.6 Å². The molecule has 2 fully saturated rings. The van der Waals surface area contributed by atoms with Crippen molar-refractivity contribution in [3.63, 3.8) is 0 Å². The maximum atomic E-state index is 13.8. The van der Waals surface area contributed by atoms with Crippen LogP contribution in [0.4, 0.5) is 10.5 Å². The first kappa shape index (κ1) is 24.6. The number of piperidine rings is 1. The number of rotatable bonds is 6. The predicted octanol–water partition coefficient (Wildman–Crippen LogP) is 3.87. The zero-order chi connectivity index (χ0) is 25.4. The van der Waals surface area contributed by atoms with E-state index in [1.54, 1.807) is 35.2 Å². The normalized spacial score (nSPS) is 18.0. The van der Waals surface area contributed by atoms with Crippen LogP contribution in [0.25, 0.3) is 0 Å². The molecule has 2 saturated heterocycles. The number of carbonyl (C=O) groups is 3. The van der Waals surface area contributed by atoms with Crippen LogP contribution in [0.1, 0.15) is 44.7 Å². The van der Waals surface area contributed by atoms with Crippen LogP contribution in [0.3, 0.4) is 0 Å². The molecule has 4 rings (SSSR count). The van der Waals surface area contributed by atoms with E-state index in [1.807, 2.05) is 39.0 Å². The third-order valence-corrected chi connectivity index (χ3v) is 6.75. The zero-order valence-corrected chi connectivity index (χ0v) is 20.5. The monoisotopic (exact) mass is 479 g/mol. The van der Waals surface area contributed by atoms with Crippen LogP contribution < -0.4 is 4.90 Å². The lowest BCUT2D eigenvalue weighted by atomic mass is 9.85. The van der Waals surface area contributed by atoms with Crippen molar-refractivity contribution in [2.75, 3.05) is 24.5 Å². The number of aliphatic carboxylic acids is 1. The summed E-state index contributed by atoms with van der Waals surface area (Å²) in [6.07, 6.45) is 0.930. The van der Waals surface area contributed by atoms with E-state index < -0.39 is 11.5 Å². The average molecular weight is 480 g/mol. The van der Waals surface area contributed by atoms with E-state index >= 15 is 0 Å². The third kappa shape index (κ3) is 5.11. The largest absolute Gasteiger partial charge is 0.508 e. The van der Waals surface area contributed by atoms with Gasteiger partial charge in [0.1, 0.15) is 11.3 Å². The van der Waals surface area contributed by atoms with Gasteiger partial charge in [0.05, 0.1) is 6.42 Å². The molecule has 8 heteroatoms. The van der Waals surface area contributed by atoms with Crippen molar-refractivity contribution in [3.05, 3.63) is 59.7 Å². The van der Waals surface area contributed by atoms with E-state index in [0.717, 1.165) is 16.8 Å². The number of amides is 3. The van der Waals surface area contributed by atoms with Crippen molar-refractivity contribution in [2.45, 2.75) is 52.1 Å². The maximum absolute atomic E-state index is 13.8. The molecule has 0 aromatic heterocycles. The van der Waals surface area contributed by atoms with Crippen molar-refractivity contribution in [2.24, 2.45) is 5.41 Å². The molecule has 0 bridgehead atoms. The van der Waals surface area contributed by atoms with Crippen molar-refractivity contribution in [1.82, 2.24) is 9.80 Å². The first-order valence-electron chi connectivity index (χ1n) is 12.0. The number of aromatic hydroxyl groups is 1. The molecule has 0 saturated carbocycles. The second-order valence-electron chi connectivity index (χ2n) is 10.7. The van der Waals surface area contributed by atoms with Crippen LogP contribution in [0, 0.1) is 5.41 Å². The molecule has 2 aliphatic heterocycles. The van der Waals surface area contributed by atoms with Crippen LogP contribution in [0.2, 0.25) is 0 Å². The van der Waals surface area contributed by atoms with E-state index in [1.165, 1.54) is 4.90 Å². The SMILES string of the molecule is CC(C)(C)CN1C(=O)N(Cc2ccc(O)cc2)C2(CCN(c3cccc(CC(=O)O)c3)CC2)C1=O. The highest BCUT2D eigenvalue weighted by atomic mass is 16.4. The van der Waals surface area contributed by atoms with Crippen LogP contribution in [0.15, 0.2) is 48.5 Å². The lowest BCUT2D eigenvalue weighted by molar-refractivity contribution is -0.136. The highest BCUT2D eigenvalue weighted by Crippen LogP contribution is 2.40. The quantitative estimate of drug-likeness (QED) is 0.610. The van der Waals surface area contributed by atoms with Gasteiger partial charge in [-0.15, -0.1) is 0 Å². The van der Waals surface area contributed by atoms with Gasteiger partial charge in [0, 0.05) is 31.9 Å². The number of urea groups is 1. The highest BCUT2D eigenvalue weighted by molar-refractivity contribution is 6.07. The van der Waals surface area contributed by atoms with Gasteiger partial charge < -0.3 is 20.0 Å². The number of phenols is 1. The molecule has 2 aromatic rings. The molecule has 1 spiro atoms. The van der Waals surface area contributed by atoms with Crippen LogP contribution in [0.5, 0.6) is 5.75 Å². The lowest BCUT2D eigenvalue weighted by Gasteiger charge is -2.43. The summed E-state index contributed by atoms with van der Waals surface area (Å²) in [6.45, 7) is 7.82. The average Bonchev–Trinajstić information content (AvgIpc) is 2.96. The zero-order valence-electron chi connectivity index (χ0n) is 20.5. The standard InChI is InChI=1S/C27H33N3O5/c1-26(2,3)18-29-24(34)27(30(25(29)35)17-19-7-9-22(31)10-8-19)11-13-28(14-12-27)21-6-4-5-20(15-21)16-23(32)33/h4-10,15,31H,11-14,16-18H2,1-3H3,(H,32,33).